The van der Waals surface area contributed by atoms with Gasteiger partial charge in [-0.2, -0.15) is 0 Å². The third-order valence-electron chi connectivity index (χ3n) is 11.2. The highest BCUT2D eigenvalue weighted by atomic mass is 16.3. The molecule has 2 aromatic carbocycles. The van der Waals surface area contributed by atoms with Crippen LogP contribution in [0.4, 0.5) is 0 Å². The van der Waals surface area contributed by atoms with E-state index in [-0.39, 0.29) is 35.6 Å². The van der Waals surface area contributed by atoms with Gasteiger partial charge in [-0.15, -0.1) is 0 Å². The van der Waals surface area contributed by atoms with Gasteiger partial charge in [0.1, 0.15) is 22.8 Å². The van der Waals surface area contributed by atoms with E-state index in [9.17, 15) is 34.8 Å². The first-order chi connectivity index (χ1) is 20.8. The highest BCUT2D eigenvalue weighted by Gasteiger charge is 2.72. The van der Waals surface area contributed by atoms with E-state index in [2.05, 4.69) is 18.2 Å². The topological polar surface area (TPSA) is 132 Å². The monoisotopic (exact) mass is 612 g/mol. The second-order valence-electron chi connectivity index (χ2n) is 15.7. The Morgan fingerprint density at radius 3 is 2.24 bits per heavy atom. The molecule has 0 radical (unpaired) electrons. The van der Waals surface area contributed by atoms with Gasteiger partial charge >= 0.3 is 0 Å². The molecule has 2 aromatic rings. The smallest absolute Gasteiger partial charge is 0.203 e. The fourth-order valence-electron chi connectivity index (χ4n) is 9.35. The summed E-state index contributed by atoms with van der Waals surface area (Å²) in [6, 6.07) is 8.40. The summed E-state index contributed by atoms with van der Waals surface area (Å²) in [5.41, 5.74) is -0.529. The van der Waals surface area contributed by atoms with Gasteiger partial charge in [0, 0.05) is 27.9 Å². The quantitative estimate of drug-likeness (QED) is 0.286. The minimum atomic E-state index is -2.63. The number of carbonyl (C=O) groups is 3. The second-order valence-corrected chi connectivity index (χ2v) is 15.7. The number of benzene rings is 2. The van der Waals surface area contributed by atoms with Crippen molar-refractivity contribution in [2.24, 2.45) is 22.7 Å². The molecule has 0 saturated heterocycles. The van der Waals surface area contributed by atoms with Crippen LogP contribution in [0.5, 0.6) is 5.75 Å². The lowest BCUT2D eigenvalue weighted by Crippen LogP contribution is -2.69. The number of aliphatic hydroxyl groups is 3. The van der Waals surface area contributed by atoms with Crippen LogP contribution >= 0.6 is 0 Å². The maximum atomic E-state index is 14.7. The van der Waals surface area contributed by atoms with Crippen molar-refractivity contribution in [2.45, 2.75) is 98.5 Å². The van der Waals surface area contributed by atoms with Gasteiger partial charge in [0.05, 0.1) is 5.56 Å². The van der Waals surface area contributed by atoms with Crippen LogP contribution in [0.15, 0.2) is 41.2 Å². The SMILES string of the molecule is CC(=O)C1=C(O)[C@]2(O)C(=O)C3=C(O)c4c(O)c(C(C)(C)C)cc(-c5ccc6c(c5)CCC6)c4C[C@]3(C)C[C@]2(C)C(C(C)C)C1=O. The number of hydrogen-bond donors (Lipinski definition) is 4. The molecule has 0 bridgehead atoms. The van der Waals surface area contributed by atoms with E-state index in [1.807, 2.05) is 33.8 Å². The summed E-state index contributed by atoms with van der Waals surface area (Å²) in [7, 11) is 0. The Morgan fingerprint density at radius 2 is 1.64 bits per heavy atom. The molecule has 1 unspecified atom stereocenters. The average Bonchev–Trinajstić information content (AvgIpc) is 3.37. The molecule has 4 atom stereocenters. The predicted octanol–water partition coefficient (Wildman–Crippen LogP) is 6.64. The van der Waals surface area contributed by atoms with Crippen molar-refractivity contribution in [1.29, 1.82) is 0 Å². The van der Waals surface area contributed by atoms with Crippen LogP contribution < -0.4 is 0 Å². The minimum absolute atomic E-state index is 0.0658. The zero-order valence-corrected chi connectivity index (χ0v) is 27.5. The Labute approximate surface area is 264 Å². The molecule has 6 rings (SSSR count). The van der Waals surface area contributed by atoms with Crippen molar-refractivity contribution in [3.63, 3.8) is 0 Å². The molecule has 7 heteroatoms. The predicted molar refractivity (Wildman–Crippen MR) is 172 cm³/mol. The first-order valence-electron chi connectivity index (χ1n) is 16.0. The first-order valence-corrected chi connectivity index (χ1v) is 16.0. The third kappa shape index (κ3) is 4.02. The number of aromatic hydroxyl groups is 1. The number of hydrogen-bond acceptors (Lipinski definition) is 7. The minimum Gasteiger partial charge on any atom is -0.508 e. The van der Waals surface area contributed by atoms with Gasteiger partial charge in [0.25, 0.3) is 0 Å². The van der Waals surface area contributed by atoms with E-state index in [4.69, 9.17) is 0 Å². The zero-order valence-electron chi connectivity index (χ0n) is 27.5. The van der Waals surface area contributed by atoms with Crippen LogP contribution in [0, 0.1) is 22.7 Å². The van der Waals surface area contributed by atoms with E-state index >= 15 is 0 Å². The van der Waals surface area contributed by atoms with Gasteiger partial charge in [-0.3, -0.25) is 14.4 Å². The Bertz CT molecular complexity index is 1780. The summed E-state index contributed by atoms with van der Waals surface area (Å²) in [4.78, 5) is 41.2. The molecule has 4 aliphatic rings. The van der Waals surface area contributed by atoms with Gasteiger partial charge in [0.2, 0.25) is 5.78 Å². The van der Waals surface area contributed by atoms with E-state index in [1.54, 1.807) is 20.8 Å². The molecule has 7 nitrogen and oxygen atoms in total. The molecule has 0 spiro atoms. The van der Waals surface area contributed by atoms with E-state index in [0.717, 1.165) is 37.3 Å². The summed E-state index contributed by atoms with van der Waals surface area (Å²) in [6.07, 6.45) is 3.42. The number of fused-ring (bicyclic) bond motifs is 4. The fourth-order valence-corrected chi connectivity index (χ4v) is 9.35. The number of carbonyl (C=O) groups excluding carboxylic acids is 3. The van der Waals surface area contributed by atoms with Crippen molar-refractivity contribution in [3.8, 4) is 16.9 Å². The molecule has 0 aromatic heterocycles. The number of Topliss-reactive ketones (excluding diaryl/α,β-unsaturated/α-hetero) is 3. The molecule has 1 fully saturated rings. The number of phenolic OH excluding ortho intramolecular Hbond substituents is 1. The second kappa shape index (κ2) is 9.65. The van der Waals surface area contributed by atoms with Crippen LogP contribution in [-0.4, -0.2) is 43.4 Å². The Hall–Kier alpha value is -3.71. The van der Waals surface area contributed by atoms with Crippen LogP contribution in [0.2, 0.25) is 0 Å². The molecule has 0 heterocycles. The molecular weight excluding hydrogens is 568 g/mol. The number of phenols is 1. The zero-order chi connectivity index (χ0) is 33.2. The lowest BCUT2D eigenvalue weighted by Gasteiger charge is -2.59. The fraction of sp³-hybridized carbons (Fsp3) is 0.500. The summed E-state index contributed by atoms with van der Waals surface area (Å²) in [5.74, 6) is -5.12. The largest absolute Gasteiger partial charge is 0.508 e. The van der Waals surface area contributed by atoms with E-state index in [0.29, 0.717) is 11.1 Å². The van der Waals surface area contributed by atoms with Crippen molar-refractivity contribution in [1.82, 2.24) is 0 Å². The Balaban J connectivity index is 1.68. The third-order valence-corrected chi connectivity index (χ3v) is 11.2. The Morgan fingerprint density at radius 1 is 1.00 bits per heavy atom. The standard InChI is InChI=1S/C38H44O7/c1-18(2)28-31(41)26(19(3)39)33(43)38(45)34(44)29-32(42)27-24(16-36(29,7)17-37(28,38)8)23(15-25(30(27)40)35(4,5)6)22-13-12-20-10-9-11-21(20)14-22/h12-15,18,28,40,42-43,45H,9-11,16-17H2,1-8H3/t28?,36-,37-,38+/m1/s1. The van der Waals surface area contributed by atoms with Crippen LogP contribution in [0.1, 0.15) is 96.0 Å². The summed E-state index contributed by atoms with van der Waals surface area (Å²) < 4.78 is 0. The number of ketones is 3. The molecule has 4 aliphatic carbocycles. The molecule has 0 aliphatic heterocycles. The maximum absolute atomic E-state index is 14.7. The lowest BCUT2D eigenvalue weighted by molar-refractivity contribution is -0.178. The van der Waals surface area contributed by atoms with Crippen molar-refractivity contribution in [2.75, 3.05) is 0 Å². The van der Waals surface area contributed by atoms with E-state index < -0.39 is 62.2 Å². The highest BCUT2D eigenvalue weighted by molar-refractivity contribution is 6.24. The van der Waals surface area contributed by atoms with Gasteiger partial charge < -0.3 is 20.4 Å². The van der Waals surface area contributed by atoms with Crippen LogP contribution in [0.25, 0.3) is 16.9 Å². The molecule has 4 N–H and O–H groups in total. The normalized spacial score (nSPS) is 29.5. The molecule has 238 valence electrons. The molecule has 45 heavy (non-hydrogen) atoms. The number of rotatable bonds is 3. The Kier molecular flexibility index (Phi) is 6.71. The van der Waals surface area contributed by atoms with Crippen molar-refractivity contribution < 1.29 is 34.8 Å². The highest BCUT2D eigenvalue weighted by Crippen LogP contribution is 2.65. The first kappa shape index (κ1) is 31.3. The molecule has 0 amide bonds. The summed E-state index contributed by atoms with van der Waals surface area (Å²) >= 11 is 0. The maximum Gasteiger partial charge on any atom is 0.203 e. The van der Waals surface area contributed by atoms with Crippen LogP contribution in [-0.2, 0) is 39.1 Å². The van der Waals surface area contributed by atoms with Gasteiger partial charge in [-0.1, -0.05) is 66.7 Å². The number of allylic oxidation sites excluding steroid dienone is 1. The van der Waals surface area contributed by atoms with Gasteiger partial charge in [-0.05, 0) is 84.2 Å². The number of aryl methyl sites for hydroxylation is 2. The summed E-state index contributed by atoms with van der Waals surface area (Å²) in [6.45, 7) is 14.1. The van der Waals surface area contributed by atoms with Crippen LogP contribution in [0.3, 0.4) is 0 Å². The molecule has 1 saturated carbocycles. The van der Waals surface area contributed by atoms with E-state index in [1.165, 1.54) is 11.1 Å². The van der Waals surface area contributed by atoms with Crippen molar-refractivity contribution in [3.05, 3.63) is 69.0 Å². The molecular formula is C38H44O7. The van der Waals surface area contributed by atoms with Gasteiger partial charge in [-0.25, -0.2) is 0 Å². The van der Waals surface area contributed by atoms with Crippen molar-refractivity contribution >= 4 is 23.1 Å². The number of aliphatic hydroxyl groups excluding tert-OH is 2. The average molecular weight is 613 g/mol. The summed E-state index contributed by atoms with van der Waals surface area (Å²) in [5, 5.41) is 47.7. The van der Waals surface area contributed by atoms with Gasteiger partial charge in [0.15, 0.2) is 17.2 Å². The lowest BCUT2D eigenvalue weighted by atomic mass is 9.43.